The number of piperidine rings is 1. The maximum atomic E-state index is 4.72. The van der Waals surface area contributed by atoms with Crippen LogP contribution in [0.2, 0.25) is 0 Å². The van der Waals surface area contributed by atoms with Crippen LogP contribution in [0.5, 0.6) is 0 Å². The summed E-state index contributed by atoms with van der Waals surface area (Å²) >= 11 is 1.69. The zero-order valence-corrected chi connectivity index (χ0v) is 15.6. The van der Waals surface area contributed by atoms with Crippen molar-refractivity contribution >= 4 is 26.8 Å². The van der Waals surface area contributed by atoms with Gasteiger partial charge in [-0.3, -0.25) is 9.88 Å². The first-order valence-electron chi connectivity index (χ1n) is 8.90. The quantitative estimate of drug-likeness (QED) is 0.759. The molecule has 1 N–H and O–H groups in total. The van der Waals surface area contributed by atoms with Crippen LogP contribution in [0.15, 0.2) is 24.5 Å². The number of hydrogen-bond acceptors (Lipinski definition) is 6. The minimum atomic E-state index is 0.334. The number of hydrogen-bond donors (Lipinski definition) is 1. The van der Waals surface area contributed by atoms with Gasteiger partial charge in [0, 0.05) is 26.0 Å². The molecule has 0 spiro atoms. The minimum absolute atomic E-state index is 0.334. The maximum absolute atomic E-state index is 4.72. The van der Waals surface area contributed by atoms with Crippen LogP contribution in [0.4, 0.5) is 5.13 Å². The van der Waals surface area contributed by atoms with E-state index in [0.29, 0.717) is 6.04 Å². The number of pyridine rings is 1. The first-order chi connectivity index (χ1) is 12.2. The Bertz CT molecular complexity index is 799. The van der Waals surface area contributed by atoms with Crippen LogP contribution in [-0.4, -0.2) is 44.3 Å². The second-order valence-electron chi connectivity index (χ2n) is 6.66. The molecule has 1 atom stereocenters. The summed E-state index contributed by atoms with van der Waals surface area (Å²) in [5, 5.41) is 8.96. The van der Waals surface area contributed by atoms with Crippen LogP contribution in [0.25, 0.3) is 10.3 Å². The molecule has 1 aliphatic rings. The largest absolute Gasteiger partial charge is 0.360 e. The van der Waals surface area contributed by atoms with E-state index in [9.17, 15) is 0 Å². The molecule has 3 aromatic heterocycles. The number of fused-ring (bicyclic) bond motifs is 1. The summed E-state index contributed by atoms with van der Waals surface area (Å²) in [7, 11) is 1.95. The van der Waals surface area contributed by atoms with Crippen LogP contribution in [0.1, 0.15) is 36.6 Å². The molecule has 0 aromatic carbocycles. The van der Waals surface area contributed by atoms with Crippen molar-refractivity contribution in [3.63, 3.8) is 0 Å². The zero-order valence-electron chi connectivity index (χ0n) is 14.8. The highest BCUT2D eigenvalue weighted by atomic mass is 32.1. The molecule has 0 unspecified atom stereocenters. The second kappa shape index (κ2) is 7.09. The summed E-state index contributed by atoms with van der Waals surface area (Å²) in [6.45, 7) is 5.20. The topological polar surface area (TPSA) is 58.9 Å². The Morgan fingerprint density at radius 1 is 1.28 bits per heavy atom. The first-order valence-corrected chi connectivity index (χ1v) is 9.72. The van der Waals surface area contributed by atoms with Gasteiger partial charge >= 0.3 is 0 Å². The van der Waals surface area contributed by atoms with Gasteiger partial charge in [-0.1, -0.05) is 23.8 Å². The van der Waals surface area contributed by atoms with E-state index in [1.54, 1.807) is 11.3 Å². The molecule has 6 nitrogen and oxygen atoms in total. The molecule has 7 heteroatoms. The number of rotatable bonds is 5. The molecule has 132 valence electrons. The smallest absolute Gasteiger partial charge is 0.185 e. The Kier molecular flexibility index (Phi) is 4.67. The van der Waals surface area contributed by atoms with E-state index < -0.39 is 0 Å². The maximum Gasteiger partial charge on any atom is 0.185 e. The van der Waals surface area contributed by atoms with E-state index >= 15 is 0 Å². The highest BCUT2D eigenvalue weighted by Gasteiger charge is 2.23. The van der Waals surface area contributed by atoms with Crippen LogP contribution >= 0.6 is 11.3 Å². The predicted molar refractivity (Wildman–Crippen MR) is 102 cm³/mol. The van der Waals surface area contributed by atoms with Gasteiger partial charge in [-0.2, -0.15) is 5.10 Å². The van der Waals surface area contributed by atoms with Gasteiger partial charge in [0.25, 0.3) is 0 Å². The van der Waals surface area contributed by atoms with Gasteiger partial charge in [-0.25, -0.2) is 9.67 Å². The molecule has 1 aliphatic heterocycles. The molecule has 3 aromatic rings. The normalized spacial score (nSPS) is 17.0. The van der Waals surface area contributed by atoms with Crippen molar-refractivity contribution < 1.29 is 0 Å². The summed E-state index contributed by atoms with van der Waals surface area (Å²) in [5.74, 6) is 0. The van der Waals surface area contributed by atoms with Gasteiger partial charge in [0.2, 0.25) is 0 Å². The summed E-state index contributed by atoms with van der Waals surface area (Å²) < 4.78 is 3.02. The Morgan fingerprint density at radius 2 is 2.12 bits per heavy atom. The number of aryl methyl sites for hydroxylation is 2. The SMILES string of the molecule is Cc1nn(C)c2nc(NC[C@H](c3cccnc3)N3CCCCC3)sc12. The molecule has 25 heavy (non-hydrogen) atoms. The van der Waals surface area contributed by atoms with Crippen molar-refractivity contribution in [1.29, 1.82) is 0 Å². The number of thiazole rings is 1. The summed E-state index contributed by atoms with van der Waals surface area (Å²) in [6, 6.07) is 4.54. The fourth-order valence-corrected chi connectivity index (χ4v) is 4.54. The average Bonchev–Trinajstić information content (AvgIpc) is 3.18. The molecule has 1 fully saturated rings. The lowest BCUT2D eigenvalue weighted by Crippen LogP contribution is -2.37. The van der Waals surface area contributed by atoms with Gasteiger partial charge in [0.05, 0.1) is 16.4 Å². The van der Waals surface area contributed by atoms with Crippen LogP contribution in [0.3, 0.4) is 0 Å². The molecular weight excluding hydrogens is 332 g/mol. The third-order valence-electron chi connectivity index (χ3n) is 4.89. The number of anilines is 1. The highest BCUT2D eigenvalue weighted by molar-refractivity contribution is 7.22. The third-order valence-corrected chi connectivity index (χ3v) is 6.00. The van der Waals surface area contributed by atoms with Crippen molar-refractivity contribution in [3.05, 3.63) is 35.8 Å². The minimum Gasteiger partial charge on any atom is -0.360 e. The molecule has 4 rings (SSSR count). The van der Waals surface area contributed by atoms with Crippen molar-refractivity contribution in [2.45, 2.75) is 32.2 Å². The second-order valence-corrected chi connectivity index (χ2v) is 7.66. The van der Waals surface area contributed by atoms with E-state index in [0.717, 1.165) is 36.1 Å². The Hall–Kier alpha value is -1.99. The molecule has 0 aliphatic carbocycles. The Morgan fingerprint density at radius 3 is 2.84 bits per heavy atom. The fraction of sp³-hybridized carbons (Fsp3) is 0.500. The van der Waals surface area contributed by atoms with Crippen molar-refractivity contribution in [3.8, 4) is 0 Å². The lowest BCUT2D eigenvalue weighted by Gasteiger charge is -2.34. The third kappa shape index (κ3) is 3.39. The highest BCUT2D eigenvalue weighted by Crippen LogP contribution is 2.30. The van der Waals surface area contributed by atoms with E-state index in [1.165, 1.54) is 29.5 Å². The standard InChI is InChI=1S/C18H24N6S/c1-13-16-17(23(2)22-13)21-18(25-16)20-12-15(14-7-6-8-19-11-14)24-9-4-3-5-10-24/h6-8,11,15H,3-5,9-10,12H2,1-2H3,(H,20,21)/t15-/m1/s1. The number of nitrogens with zero attached hydrogens (tertiary/aromatic N) is 5. The molecule has 0 amide bonds. The van der Waals surface area contributed by atoms with E-state index in [4.69, 9.17) is 4.98 Å². The van der Waals surface area contributed by atoms with Crippen LogP contribution in [-0.2, 0) is 7.05 Å². The molecule has 0 bridgehead atoms. The molecular formula is C18H24N6S. The first kappa shape index (κ1) is 16.5. The van der Waals surface area contributed by atoms with E-state index in [1.807, 2.05) is 37.1 Å². The molecule has 0 saturated carbocycles. The van der Waals surface area contributed by atoms with Crippen LogP contribution < -0.4 is 5.32 Å². The number of nitrogens with one attached hydrogen (secondary N) is 1. The van der Waals surface area contributed by atoms with Crippen molar-refractivity contribution in [1.82, 2.24) is 24.6 Å². The lowest BCUT2D eigenvalue weighted by molar-refractivity contribution is 0.170. The zero-order chi connectivity index (χ0) is 17.2. The van der Waals surface area contributed by atoms with Crippen LogP contribution in [0, 0.1) is 6.92 Å². The van der Waals surface area contributed by atoms with Crippen molar-refractivity contribution in [2.24, 2.45) is 7.05 Å². The summed E-state index contributed by atoms with van der Waals surface area (Å²) in [6.07, 6.45) is 7.74. The van der Waals surface area contributed by atoms with Gasteiger partial charge < -0.3 is 5.32 Å². The predicted octanol–water partition coefficient (Wildman–Crippen LogP) is 3.37. The molecule has 4 heterocycles. The monoisotopic (exact) mass is 356 g/mol. The van der Waals surface area contributed by atoms with Gasteiger partial charge in [-0.15, -0.1) is 0 Å². The van der Waals surface area contributed by atoms with E-state index in [-0.39, 0.29) is 0 Å². The molecule has 0 radical (unpaired) electrons. The van der Waals surface area contributed by atoms with E-state index in [2.05, 4.69) is 26.4 Å². The van der Waals surface area contributed by atoms with Gasteiger partial charge in [-0.05, 0) is 44.5 Å². The Labute approximate surface area is 151 Å². The average molecular weight is 356 g/mol. The Balaban J connectivity index is 1.54. The summed E-state index contributed by atoms with van der Waals surface area (Å²) in [4.78, 5) is 11.6. The molecule has 1 saturated heterocycles. The lowest BCUT2D eigenvalue weighted by atomic mass is 10.0. The van der Waals surface area contributed by atoms with Gasteiger partial charge in [0.15, 0.2) is 10.8 Å². The number of likely N-dealkylation sites (tertiary alicyclic amines) is 1. The summed E-state index contributed by atoms with van der Waals surface area (Å²) in [5.41, 5.74) is 3.28. The van der Waals surface area contributed by atoms with Crippen molar-refractivity contribution in [2.75, 3.05) is 25.0 Å². The fourth-order valence-electron chi connectivity index (χ4n) is 3.61. The van der Waals surface area contributed by atoms with Gasteiger partial charge in [0.1, 0.15) is 0 Å². The number of aromatic nitrogens is 4.